The van der Waals surface area contributed by atoms with E-state index in [1.165, 1.54) is 12.8 Å². The highest BCUT2D eigenvalue weighted by Crippen LogP contribution is 2.29. The van der Waals surface area contributed by atoms with Crippen molar-refractivity contribution in [2.24, 2.45) is 0 Å². The predicted octanol–water partition coefficient (Wildman–Crippen LogP) is 4.44. The van der Waals surface area contributed by atoms with Crippen molar-refractivity contribution in [2.45, 2.75) is 19.8 Å². The van der Waals surface area contributed by atoms with E-state index in [1.807, 2.05) is 13.0 Å². The van der Waals surface area contributed by atoms with Gasteiger partial charge in [0.2, 0.25) is 0 Å². The number of hydrogen-bond acceptors (Lipinski definition) is 4. The van der Waals surface area contributed by atoms with Crippen LogP contribution >= 0.6 is 23.2 Å². The van der Waals surface area contributed by atoms with Crippen molar-refractivity contribution in [2.75, 3.05) is 23.3 Å². The molecule has 3 rings (SSSR count). The molecule has 1 aromatic heterocycles. The monoisotopic (exact) mass is 322 g/mol. The van der Waals surface area contributed by atoms with E-state index in [-0.39, 0.29) is 0 Å². The number of nitrogens with zero attached hydrogens (tertiary/aromatic N) is 3. The van der Waals surface area contributed by atoms with Crippen LogP contribution in [-0.2, 0) is 0 Å². The number of rotatable bonds is 3. The smallest absolute Gasteiger partial charge is 0.136 e. The average molecular weight is 323 g/mol. The lowest BCUT2D eigenvalue weighted by atomic mass is 10.3. The normalized spacial score (nSPS) is 14.5. The van der Waals surface area contributed by atoms with Crippen LogP contribution in [0, 0.1) is 6.92 Å². The maximum atomic E-state index is 6.18. The Balaban J connectivity index is 1.89. The molecule has 0 amide bonds. The topological polar surface area (TPSA) is 41.1 Å². The Kier molecular flexibility index (Phi) is 4.17. The highest BCUT2D eigenvalue weighted by molar-refractivity contribution is 6.35. The molecule has 1 N–H and O–H groups in total. The maximum Gasteiger partial charge on any atom is 0.136 e. The van der Waals surface area contributed by atoms with Crippen LogP contribution in [0.5, 0.6) is 0 Å². The molecule has 6 heteroatoms. The Morgan fingerprint density at radius 2 is 1.86 bits per heavy atom. The van der Waals surface area contributed by atoms with Gasteiger partial charge in [0.05, 0.1) is 10.7 Å². The van der Waals surface area contributed by atoms with Gasteiger partial charge in [-0.3, -0.25) is 0 Å². The minimum absolute atomic E-state index is 0.610. The fourth-order valence-corrected chi connectivity index (χ4v) is 2.79. The molecular weight excluding hydrogens is 307 g/mol. The summed E-state index contributed by atoms with van der Waals surface area (Å²) in [5.41, 5.74) is 0.745. The van der Waals surface area contributed by atoms with Crippen LogP contribution in [-0.4, -0.2) is 23.1 Å². The largest absolute Gasteiger partial charge is 0.356 e. The third-order valence-corrected chi connectivity index (χ3v) is 4.01. The van der Waals surface area contributed by atoms with Crippen LogP contribution in [0.3, 0.4) is 0 Å². The SMILES string of the molecule is Cc1nc(Nc2cc(Cl)ccc2Cl)cc(N2CCCC2)n1. The Hall–Kier alpha value is -1.52. The van der Waals surface area contributed by atoms with Crippen molar-refractivity contribution >= 4 is 40.5 Å². The second-order valence-electron chi connectivity index (χ2n) is 5.10. The number of hydrogen-bond donors (Lipinski definition) is 1. The lowest BCUT2D eigenvalue weighted by Crippen LogP contribution is -2.19. The third-order valence-electron chi connectivity index (χ3n) is 3.45. The van der Waals surface area contributed by atoms with Gasteiger partial charge < -0.3 is 10.2 Å². The fourth-order valence-electron chi connectivity index (χ4n) is 2.46. The highest BCUT2D eigenvalue weighted by Gasteiger charge is 2.15. The number of benzene rings is 1. The lowest BCUT2D eigenvalue weighted by Gasteiger charge is -2.18. The second-order valence-corrected chi connectivity index (χ2v) is 5.95. The molecule has 4 nitrogen and oxygen atoms in total. The Morgan fingerprint density at radius 3 is 2.62 bits per heavy atom. The van der Waals surface area contributed by atoms with Crippen LogP contribution in [0.1, 0.15) is 18.7 Å². The Labute approximate surface area is 134 Å². The molecule has 1 saturated heterocycles. The maximum absolute atomic E-state index is 6.18. The molecular formula is C15H16Cl2N4. The van der Waals surface area contributed by atoms with Gasteiger partial charge in [-0.05, 0) is 38.0 Å². The Morgan fingerprint density at radius 1 is 1.10 bits per heavy atom. The van der Waals surface area contributed by atoms with Gasteiger partial charge in [0, 0.05) is 24.2 Å². The number of anilines is 3. The summed E-state index contributed by atoms with van der Waals surface area (Å²) in [5, 5.41) is 4.47. The van der Waals surface area contributed by atoms with Gasteiger partial charge in [0.15, 0.2) is 0 Å². The zero-order valence-corrected chi connectivity index (χ0v) is 13.2. The summed E-state index contributed by atoms with van der Waals surface area (Å²) >= 11 is 12.2. The van der Waals surface area contributed by atoms with Crippen molar-refractivity contribution in [1.82, 2.24) is 9.97 Å². The number of nitrogens with one attached hydrogen (secondary N) is 1. The molecule has 0 spiro atoms. The van der Waals surface area contributed by atoms with Crippen LogP contribution < -0.4 is 10.2 Å². The molecule has 1 fully saturated rings. The molecule has 0 unspecified atom stereocenters. The zero-order valence-electron chi connectivity index (χ0n) is 11.7. The highest BCUT2D eigenvalue weighted by atomic mass is 35.5. The first-order valence-corrected chi connectivity index (χ1v) is 7.70. The molecule has 110 valence electrons. The fraction of sp³-hybridized carbons (Fsp3) is 0.333. The third kappa shape index (κ3) is 3.39. The lowest BCUT2D eigenvalue weighted by molar-refractivity contribution is 0.912. The van der Waals surface area contributed by atoms with Crippen molar-refractivity contribution < 1.29 is 0 Å². The summed E-state index contributed by atoms with van der Waals surface area (Å²) < 4.78 is 0. The molecule has 0 radical (unpaired) electrons. The molecule has 2 aromatic rings. The van der Waals surface area contributed by atoms with Crippen molar-refractivity contribution in [3.8, 4) is 0 Å². The van der Waals surface area contributed by atoms with E-state index < -0.39 is 0 Å². The molecule has 21 heavy (non-hydrogen) atoms. The molecule has 1 aliphatic rings. The van der Waals surface area contributed by atoms with Crippen LogP contribution in [0.25, 0.3) is 0 Å². The van der Waals surface area contributed by atoms with E-state index in [1.54, 1.807) is 18.2 Å². The van der Waals surface area contributed by atoms with Gasteiger partial charge >= 0.3 is 0 Å². The van der Waals surface area contributed by atoms with Gasteiger partial charge in [-0.2, -0.15) is 0 Å². The molecule has 0 bridgehead atoms. The van der Waals surface area contributed by atoms with Crippen molar-refractivity contribution in [1.29, 1.82) is 0 Å². The molecule has 0 aliphatic carbocycles. The van der Waals surface area contributed by atoms with Gasteiger partial charge in [-0.25, -0.2) is 9.97 Å². The first-order valence-electron chi connectivity index (χ1n) is 6.94. The molecule has 0 atom stereocenters. The first kappa shape index (κ1) is 14.4. The van der Waals surface area contributed by atoms with E-state index in [0.717, 1.165) is 36.2 Å². The molecule has 1 aromatic carbocycles. The number of aryl methyl sites for hydroxylation is 1. The Bertz CT molecular complexity index is 654. The summed E-state index contributed by atoms with van der Waals surface area (Å²) in [6.45, 7) is 3.99. The van der Waals surface area contributed by atoms with Gasteiger partial charge in [-0.15, -0.1) is 0 Å². The zero-order chi connectivity index (χ0) is 14.8. The van der Waals surface area contributed by atoms with Crippen molar-refractivity contribution in [3.63, 3.8) is 0 Å². The van der Waals surface area contributed by atoms with E-state index in [4.69, 9.17) is 23.2 Å². The van der Waals surface area contributed by atoms with E-state index >= 15 is 0 Å². The van der Waals surface area contributed by atoms with Crippen LogP contribution in [0.2, 0.25) is 10.0 Å². The molecule has 0 saturated carbocycles. The van der Waals surface area contributed by atoms with Crippen molar-refractivity contribution in [3.05, 3.63) is 40.1 Å². The summed E-state index contributed by atoms with van der Waals surface area (Å²) in [4.78, 5) is 11.2. The standard InChI is InChI=1S/C15H16Cl2N4/c1-10-18-14(9-15(19-10)21-6-2-3-7-21)20-13-8-11(16)4-5-12(13)17/h4-5,8-9H,2-3,6-7H2,1H3,(H,18,19,20). The second kappa shape index (κ2) is 6.08. The molecule has 2 heterocycles. The van der Waals surface area contributed by atoms with E-state index in [0.29, 0.717) is 10.0 Å². The summed E-state index contributed by atoms with van der Waals surface area (Å²) in [7, 11) is 0. The van der Waals surface area contributed by atoms with Crippen LogP contribution in [0.15, 0.2) is 24.3 Å². The van der Waals surface area contributed by atoms with Gasteiger partial charge in [0.1, 0.15) is 17.5 Å². The minimum atomic E-state index is 0.610. The predicted molar refractivity (Wildman–Crippen MR) is 88.0 cm³/mol. The number of aromatic nitrogens is 2. The first-order chi connectivity index (χ1) is 10.1. The summed E-state index contributed by atoms with van der Waals surface area (Å²) in [5.74, 6) is 2.43. The summed E-state index contributed by atoms with van der Waals surface area (Å²) in [6, 6.07) is 7.27. The number of halogens is 2. The van der Waals surface area contributed by atoms with E-state index in [9.17, 15) is 0 Å². The van der Waals surface area contributed by atoms with Gasteiger partial charge in [-0.1, -0.05) is 23.2 Å². The minimum Gasteiger partial charge on any atom is -0.356 e. The average Bonchev–Trinajstić information content (AvgIpc) is 2.96. The van der Waals surface area contributed by atoms with E-state index in [2.05, 4.69) is 20.2 Å². The quantitative estimate of drug-likeness (QED) is 0.907. The van der Waals surface area contributed by atoms with Gasteiger partial charge in [0.25, 0.3) is 0 Å². The summed E-state index contributed by atoms with van der Waals surface area (Å²) in [6.07, 6.45) is 2.43. The van der Waals surface area contributed by atoms with Crippen LogP contribution in [0.4, 0.5) is 17.3 Å². The molecule has 1 aliphatic heterocycles.